The Morgan fingerprint density at radius 2 is 2.00 bits per heavy atom. The zero-order valence-corrected chi connectivity index (χ0v) is 8.19. The Morgan fingerprint density at radius 3 is 2.80 bits per heavy atom. The summed E-state index contributed by atoms with van der Waals surface area (Å²) in [5, 5.41) is 0. The molecule has 1 heterocycles. The SMILES string of the molecule is O=C1CCc2ccc(-c3ccoc3)cc21. The first kappa shape index (κ1) is 8.48. The molecule has 0 saturated heterocycles. The lowest BCUT2D eigenvalue weighted by Crippen LogP contribution is -1.91. The maximum absolute atomic E-state index is 11.6. The number of fused-ring (bicyclic) bond motifs is 1. The Hall–Kier alpha value is -1.83. The van der Waals surface area contributed by atoms with Crippen molar-refractivity contribution in [1.82, 2.24) is 0 Å². The van der Waals surface area contributed by atoms with E-state index in [0.717, 1.165) is 23.1 Å². The average Bonchev–Trinajstić information content (AvgIpc) is 2.88. The zero-order valence-electron chi connectivity index (χ0n) is 8.19. The van der Waals surface area contributed by atoms with Gasteiger partial charge in [0.25, 0.3) is 0 Å². The van der Waals surface area contributed by atoms with Crippen LogP contribution in [0.25, 0.3) is 11.1 Å². The van der Waals surface area contributed by atoms with Gasteiger partial charge in [0.15, 0.2) is 5.78 Å². The van der Waals surface area contributed by atoms with Crippen molar-refractivity contribution < 1.29 is 9.21 Å². The number of ketones is 1. The van der Waals surface area contributed by atoms with Crippen molar-refractivity contribution in [3.05, 3.63) is 47.9 Å². The summed E-state index contributed by atoms with van der Waals surface area (Å²) in [5.41, 5.74) is 4.14. The number of Topliss-reactive ketones (excluding diaryl/α,β-unsaturated/α-hetero) is 1. The van der Waals surface area contributed by atoms with Gasteiger partial charge in [-0.2, -0.15) is 0 Å². The van der Waals surface area contributed by atoms with Crippen molar-refractivity contribution in [3.63, 3.8) is 0 Å². The van der Waals surface area contributed by atoms with Crippen LogP contribution in [0.3, 0.4) is 0 Å². The van der Waals surface area contributed by atoms with Crippen molar-refractivity contribution in [2.24, 2.45) is 0 Å². The number of hydrogen-bond acceptors (Lipinski definition) is 2. The van der Waals surface area contributed by atoms with Crippen LogP contribution in [-0.2, 0) is 6.42 Å². The van der Waals surface area contributed by atoms with Gasteiger partial charge in [-0.1, -0.05) is 12.1 Å². The average molecular weight is 198 g/mol. The fourth-order valence-corrected chi connectivity index (χ4v) is 2.05. The van der Waals surface area contributed by atoms with E-state index >= 15 is 0 Å². The third kappa shape index (κ3) is 1.30. The quantitative estimate of drug-likeness (QED) is 0.704. The molecule has 0 radical (unpaired) electrons. The van der Waals surface area contributed by atoms with Crippen molar-refractivity contribution in [2.45, 2.75) is 12.8 Å². The van der Waals surface area contributed by atoms with E-state index in [2.05, 4.69) is 0 Å². The summed E-state index contributed by atoms with van der Waals surface area (Å²) in [6.45, 7) is 0. The van der Waals surface area contributed by atoms with Gasteiger partial charge >= 0.3 is 0 Å². The molecule has 0 bridgehead atoms. The summed E-state index contributed by atoms with van der Waals surface area (Å²) >= 11 is 0. The molecule has 3 rings (SSSR count). The number of benzene rings is 1. The lowest BCUT2D eigenvalue weighted by molar-refractivity contribution is 0.0994. The molecule has 74 valence electrons. The second kappa shape index (κ2) is 3.09. The lowest BCUT2D eigenvalue weighted by atomic mass is 10.0. The van der Waals surface area contributed by atoms with Gasteiger partial charge in [0.2, 0.25) is 0 Å². The summed E-state index contributed by atoms with van der Waals surface area (Å²) in [5.74, 6) is 0.260. The number of carbonyl (C=O) groups is 1. The van der Waals surface area contributed by atoms with E-state index in [1.165, 1.54) is 5.56 Å². The monoisotopic (exact) mass is 198 g/mol. The van der Waals surface area contributed by atoms with Crippen molar-refractivity contribution in [1.29, 1.82) is 0 Å². The van der Waals surface area contributed by atoms with Gasteiger partial charge in [-0.3, -0.25) is 4.79 Å². The largest absolute Gasteiger partial charge is 0.472 e. The Bertz CT molecular complexity index is 509. The fraction of sp³-hybridized carbons (Fsp3) is 0.154. The first-order valence-electron chi connectivity index (χ1n) is 5.03. The number of carbonyl (C=O) groups excluding carboxylic acids is 1. The number of furan rings is 1. The van der Waals surface area contributed by atoms with Crippen LogP contribution in [-0.4, -0.2) is 5.78 Å². The number of aryl methyl sites for hydroxylation is 1. The third-order valence-electron chi connectivity index (χ3n) is 2.89. The van der Waals surface area contributed by atoms with Crippen LogP contribution in [0.2, 0.25) is 0 Å². The molecular weight excluding hydrogens is 188 g/mol. The Balaban J connectivity index is 2.13. The van der Waals surface area contributed by atoms with Crippen LogP contribution >= 0.6 is 0 Å². The van der Waals surface area contributed by atoms with Crippen LogP contribution in [0, 0.1) is 0 Å². The fourth-order valence-electron chi connectivity index (χ4n) is 2.05. The number of rotatable bonds is 1. The van der Waals surface area contributed by atoms with E-state index < -0.39 is 0 Å². The summed E-state index contributed by atoms with van der Waals surface area (Å²) < 4.78 is 5.03. The van der Waals surface area contributed by atoms with Gasteiger partial charge in [0, 0.05) is 17.5 Å². The minimum Gasteiger partial charge on any atom is -0.472 e. The van der Waals surface area contributed by atoms with Gasteiger partial charge in [-0.15, -0.1) is 0 Å². The van der Waals surface area contributed by atoms with Crippen molar-refractivity contribution in [2.75, 3.05) is 0 Å². The predicted octanol–water partition coefficient (Wildman–Crippen LogP) is 3.08. The molecule has 0 saturated carbocycles. The Labute approximate surface area is 87.5 Å². The molecule has 0 atom stereocenters. The van der Waals surface area contributed by atoms with E-state index in [9.17, 15) is 4.79 Å². The second-order valence-corrected chi connectivity index (χ2v) is 3.81. The van der Waals surface area contributed by atoms with E-state index in [-0.39, 0.29) is 5.78 Å². The van der Waals surface area contributed by atoms with Crippen LogP contribution in [0.1, 0.15) is 22.3 Å². The molecule has 0 unspecified atom stereocenters. The molecule has 0 aliphatic heterocycles. The first-order valence-corrected chi connectivity index (χ1v) is 5.03. The summed E-state index contributed by atoms with van der Waals surface area (Å²) in [6, 6.07) is 7.96. The lowest BCUT2D eigenvalue weighted by Gasteiger charge is -2.01. The molecule has 0 amide bonds. The molecule has 2 heteroatoms. The summed E-state index contributed by atoms with van der Waals surface area (Å²) in [7, 11) is 0. The highest BCUT2D eigenvalue weighted by Crippen LogP contribution is 2.28. The molecule has 0 spiro atoms. The number of hydrogen-bond donors (Lipinski definition) is 0. The summed E-state index contributed by atoms with van der Waals surface area (Å²) in [4.78, 5) is 11.6. The summed E-state index contributed by atoms with van der Waals surface area (Å²) in [6.07, 6.45) is 4.88. The van der Waals surface area contributed by atoms with Gasteiger partial charge in [0.1, 0.15) is 0 Å². The normalized spacial score (nSPS) is 14.3. The molecule has 1 aromatic carbocycles. The third-order valence-corrected chi connectivity index (χ3v) is 2.89. The molecule has 1 aliphatic carbocycles. The molecule has 2 nitrogen and oxygen atoms in total. The topological polar surface area (TPSA) is 30.2 Å². The molecule has 2 aromatic rings. The molecule has 0 fully saturated rings. The van der Waals surface area contributed by atoms with E-state index in [1.807, 2.05) is 24.3 Å². The minimum absolute atomic E-state index is 0.260. The second-order valence-electron chi connectivity index (χ2n) is 3.81. The van der Waals surface area contributed by atoms with Crippen LogP contribution in [0.15, 0.2) is 41.2 Å². The molecule has 15 heavy (non-hydrogen) atoms. The maximum Gasteiger partial charge on any atom is 0.163 e. The van der Waals surface area contributed by atoms with Gasteiger partial charge in [-0.25, -0.2) is 0 Å². The predicted molar refractivity (Wildman–Crippen MR) is 56.8 cm³/mol. The standard InChI is InChI=1S/C13H10O2/c14-13-4-3-9-1-2-10(7-12(9)13)11-5-6-15-8-11/h1-2,5-8H,3-4H2. The minimum atomic E-state index is 0.260. The van der Waals surface area contributed by atoms with E-state index in [4.69, 9.17) is 4.42 Å². The molecular formula is C13H10O2. The van der Waals surface area contributed by atoms with Crippen LogP contribution in [0.5, 0.6) is 0 Å². The Kier molecular flexibility index (Phi) is 1.75. The maximum atomic E-state index is 11.6. The highest BCUT2D eigenvalue weighted by molar-refractivity contribution is 6.01. The van der Waals surface area contributed by atoms with Crippen LogP contribution < -0.4 is 0 Å². The molecule has 1 aromatic heterocycles. The highest BCUT2D eigenvalue weighted by Gasteiger charge is 2.19. The molecule has 0 N–H and O–H groups in total. The molecule has 1 aliphatic rings. The van der Waals surface area contributed by atoms with Crippen molar-refractivity contribution in [3.8, 4) is 11.1 Å². The van der Waals surface area contributed by atoms with Gasteiger partial charge < -0.3 is 4.42 Å². The first-order chi connectivity index (χ1) is 7.34. The Morgan fingerprint density at radius 1 is 1.07 bits per heavy atom. The zero-order chi connectivity index (χ0) is 10.3. The van der Waals surface area contributed by atoms with Crippen LogP contribution in [0.4, 0.5) is 0 Å². The smallest absolute Gasteiger partial charge is 0.163 e. The van der Waals surface area contributed by atoms with E-state index in [1.54, 1.807) is 12.5 Å². The van der Waals surface area contributed by atoms with Crippen molar-refractivity contribution >= 4 is 5.78 Å². The van der Waals surface area contributed by atoms with Gasteiger partial charge in [0.05, 0.1) is 12.5 Å². The van der Waals surface area contributed by atoms with Gasteiger partial charge in [-0.05, 0) is 29.7 Å². The highest BCUT2D eigenvalue weighted by atomic mass is 16.3. The van der Waals surface area contributed by atoms with E-state index in [0.29, 0.717) is 6.42 Å².